The maximum Gasteiger partial charge on any atom is 0.257 e. The van der Waals surface area contributed by atoms with Crippen LogP contribution in [0.15, 0.2) is 18.5 Å². The molecule has 1 rings (SSSR count). The number of nitrogens with zero attached hydrogens (tertiary/aromatic N) is 2. The van der Waals surface area contributed by atoms with Gasteiger partial charge in [0.25, 0.3) is 5.91 Å². The van der Waals surface area contributed by atoms with E-state index in [1.54, 1.807) is 4.90 Å². The fourth-order valence-electron chi connectivity index (χ4n) is 1.56. The minimum Gasteiger partial charge on any atom is -0.505 e. The summed E-state index contributed by atoms with van der Waals surface area (Å²) in [6.07, 6.45) is 4.70. The van der Waals surface area contributed by atoms with E-state index in [1.165, 1.54) is 18.5 Å². The summed E-state index contributed by atoms with van der Waals surface area (Å²) in [5.74, 6) is -0.278. The van der Waals surface area contributed by atoms with Crippen LogP contribution in [-0.4, -0.2) is 40.5 Å². The summed E-state index contributed by atoms with van der Waals surface area (Å²) >= 11 is 0. The molecule has 1 heterocycles. The van der Waals surface area contributed by atoms with E-state index < -0.39 is 0 Å². The van der Waals surface area contributed by atoms with Gasteiger partial charge in [0, 0.05) is 25.8 Å². The Labute approximate surface area is 101 Å². The fraction of sp³-hybridized carbons (Fsp3) is 0.500. The van der Waals surface area contributed by atoms with Crippen molar-refractivity contribution in [1.29, 1.82) is 0 Å². The zero-order chi connectivity index (χ0) is 12.7. The molecule has 0 radical (unpaired) electrons. The van der Waals surface area contributed by atoms with Crippen molar-refractivity contribution in [1.82, 2.24) is 9.88 Å². The number of hydrogen-bond donors (Lipinski definition) is 2. The third-order valence-corrected chi connectivity index (χ3v) is 2.50. The average Bonchev–Trinajstić information content (AvgIpc) is 2.34. The monoisotopic (exact) mass is 237 g/mol. The Morgan fingerprint density at radius 1 is 1.53 bits per heavy atom. The number of aromatic nitrogens is 1. The highest BCUT2D eigenvalue weighted by molar-refractivity contribution is 5.96. The first-order valence-electron chi connectivity index (χ1n) is 5.83. The number of nitrogens with two attached hydrogens (primary N) is 1. The van der Waals surface area contributed by atoms with Gasteiger partial charge >= 0.3 is 0 Å². The molecule has 0 aliphatic rings. The molecule has 1 amide bonds. The van der Waals surface area contributed by atoms with Crippen LogP contribution in [0.1, 0.15) is 30.1 Å². The maximum atomic E-state index is 12.1. The zero-order valence-corrected chi connectivity index (χ0v) is 10.1. The van der Waals surface area contributed by atoms with E-state index in [0.29, 0.717) is 19.6 Å². The van der Waals surface area contributed by atoms with Crippen molar-refractivity contribution in [2.75, 3.05) is 19.6 Å². The van der Waals surface area contributed by atoms with Gasteiger partial charge in [-0.15, -0.1) is 0 Å². The zero-order valence-electron chi connectivity index (χ0n) is 10.1. The first kappa shape index (κ1) is 13.4. The van der Waals surface area contributed by atoms with E-state index in [-0.39, 0.29) is 17.2 Å². The Hall–Kier alpha value is -1.62. The summed E-state index contributed by atoms with van der Waals surface area (Å²) in [4.78, 5) is 17.6. The van der Waals surface area contributed by atoms with Crippen LogP contribution >= 0.6 is 0 Å². The van der Waals surface area contributed by atoms with Crippen LogP contribution in [-0.2, 0) is 0 Å². The lowest BCUT2D eigenvalue weighted by Gasteiger charge is -2.22. The van der Waals surface area contributed by atoms with Crippen molar-refractivity contribution in [3.8, 4) is 5.75 Å². The molecule has 0 bridgehead atoms. The number of aromatic hydroxyl groups is 1. The highest BCUT2D eigenvalue weighted by Gasteiger charge is 2.17. The molecule has 0 aromatic carbocycles. The standard InChI is InChI=1S/C12H19N3O2/c1-2-3-7-15(8-5-13)12(17)10-4-6-14-9-11(10)16/h4,6,9,16H,2-3,5,7-8,13H2,1H3. The third-order valence-electron chi connectivity index (χ3n) is 2.50. The predicted octanol–water partition coefficient (Wildman–Crippen LogP) is 0.988. The topological polar surface area (TPSA) is 79.5 Å². The van der Waals surface area contributed by atoms with Crippen LogP contribution in [0.25, 0.3) is 0 Å². The highest BCUT2D eigenvalue weighted by Crippen LogP contribution is 2.16. The molecule has 0 fully saturated rings. The van der Waals surface area contributed by atoms with Gasteiger partial charge in [0.1, 0.15) is 5.75 Å². The summed E-state index contributed by atoms with van der Waals surface area (Å²) < 4.78 is 0. The molecule has 0 atom stereocenters. The number of carbonyl (C=O) groups is 1. The molecule has 1 aromatic heterocycles. The molecule has 5 heteroatoms. The number of rotatable bonds is 6. The van der Waals surface area contributed by atoms with Crippen molar-refractivity contribution in [2.45, 2.75) is 19.8 Å². The lowest BCUT2D eigenvalue weighted by Crippen LogP contribution is -2.36. The van der Waals surface area contributed by atoms with Crippen LogP contribution in [0.3, 0.4) is 0 Å². The molecule has 17 heavy (non-hydrogen) atoms. The molecule has 0 saturated heterocycles. The summed E-state index contributed by atoms with van der Waals surface area (Å²) in [6.45, 7) is 3.64. The molecule has 0 unspecified atom stereocenters. The normalized spacial score (nSPS) is 10.2. The summed E-state index contributed by atoms with van der Waals surface area (Å²) in [7, 11) is 0. The van der Waals surface area contributed by atoms with Gasteiger partial charge in [-0.25, -0.2) is 0 Å². The maximum absolute atomic E-state index is 12.1. The molecule has 0 saturated carbocycles. The van der Waals surface area contributed by atoms with E-state index in [0.717, 1.165) is 12.8 Å². The molecular formula is C12H19N3O2. The molecule has 94 valence electrons. The number of pyridine rings is 1. The Kier molecular flexibility index (Phi) is 5.42. The van der Waals surface area contributed by atoms with Crippen LogP contribution in [0.2, 0.25) is 0 Å². The lowest BCUT2D eigenvalue weighted by molar-refractivity contribution is 0.0755. The van der Waals surface area contributed by atoms with Crippen molar-refractivity contribution >= 4 is 5.91 Å². The average molecular weight is 237 g/mol. The van der Waals surface area contributed by atoms with Crippen LogP contribution in [0.5, 0.6) is 5.75 Å². The molecule has 3 N–H and O–H groups in total. The first-order chi connectivity index (χ1) is 8.20. The van der Waals surface area contributed by atoms with Crippen LogP contribution in [0, 0.1) is 0 Å². The minimum atomic E-state index is -0.191. The number of carbonyl (C=O) groups excluding carboxylic acids is 1. The lowest BCUT2D eigenvalue weighted by atomic mass is 10.2. The van der Waals surface area contributed by atoms with E-state index in [2.05, 4.69) is 11.9 Å². The van der Waals surface area contributed by atoms with Gasteiger partial charge in [0.05, 0.1) is 11.8 Å². The van der Waals surface area contributed by atoms with Crippen LogP contribution in [0.4, 0.5) is 0 Å². The SMILES string of the molecule is CCCCN(CCN)C(=O)c1ccncc1O. The van der Waals surface area contributed by atoms with Gasteiger partial charge < -0.3 is 15.7 Å². The second kappa shape index (κ2) is 6.85. The second-order valence-electron chi connectivity index (χ2n) is 3.83. The predicted molar refractivity (Wildman–Crippen MR) is 65.8 cm³/mol. The molecular weight excluding hydrogens is 218 g/mol. The summed E-state index contributed by atoms with van der Waals surface area (Å²) in [6, 6.07) is 1.52. The Morgan fingerprint density at radius 2 is 2.29 bits per heavy atom. The fourth-order valence-corrected chi connectivity index (χ4v) is 1.56. The van der Waals surface area contributed by atoms with E-state index in [4.69, 9.17) is 5.73 Å². The molecule has 1 aromatic rings. The van der Waals surface area contributed by atoms with Gasteiger partial charge in [-0.05, 0) is 12.5 Å². The van der Waals surface area contributed by atoms with Crippen molar-refractivity contribution in [3.63, 3.8) is 0 Å². The number of amides is 1. The van der Waals surface area contributed by atoms with Crippen molar-refractivity contribution in [2.24, 2.45) is 5.73 Å². The van der Waals surface area contributed by atoms with Crippen molar-refractivity contribution in [3.05, 3.63) is 24.0 Å². The molecule has 0 spiro atoms. The Bertz CT molecular complexity index is 369. The number of hydrogen-bond acceptors (Lipinski definition) is 4. The van der Waals surface area contributed by atoms with Gasteiger partial charge in [0.2, 0.25) is 0 Å². The summed E-state index contributed by atoms with van der Waals surface area (Å²) in [5, 5.41) is 9.58. The first-order valence-corrected chi connectivity index (χ1v) is 5.83. The smallest absolute Gasteiger partial charge is 0.257 e. The Balaban J connectivity index is 2.80. The largest absolute Gasteiger partial charge is 0.505 e. The summed E-state index contributed by atoms with van der Waals surface area (Å²) in [5.41, 5.74) is 5.77. The van der Waals surface area contributed by atoms with Crippen molar-refractivity contribution < 1.29 is 9.90 Å². The minimum absolute atomic E-state index is 0.0870. The molecule has 5 nitrogen and oxygen atoms in total. The number of unbranched alkanes of at least 4 members (excludes halogenated alkanes) is 1. The van der Waals surface area contributed by atoms with Gasteiger partial charge in [-0.1, -0.05) is 13.3 Å². The third kappa shape index (κ3) is 3.71. The Morgan fingerprint density at radius 3 is 2.88 bits per heavy atom. The highest BCUT2D eigenvalue weighted by atomic mass is 16.3. The molecule has 0 aliphatic carbocycles. The second-order valence-corrected chi connectivity index (χ2v) is 3.83. The van der Waals surface area contributed by atoms with E-state index in [1.807, 2.05) is 0 Å². The van der Waals surface area contributed by atoms with Gasteiger partial charge in [-0.3, -0.25) is 9.78 Å². The quantitative estimate of drug-likeness (QED) is 0.773. The molecule has 0 aliphatic heterocycles. The van der Waals surface area contributed by atoms with Gasteiger partial charge in [-0.2, -0.15) is 0 Å². The van der Waals surface area contributed by atoms with E-state index in [9.17, 15) is 9.90 Å². The van der Waals surface area contributed by atoms with Gasteiger partial charge in [0.15, 0.2) is 0 Å². The van der Waals surface area contributed by atoms with E-state index >= 15 is 0 Å². The van der Waals surface area contributed by atoms with Crippen LogP contribution < -0.4 is 5.73 Å².